The van der Waals surface area contributed by atoms with Gasteiger partial charge in [-0.3, -0.25) is 0 Å². The molecule has 27 heavy (non-hydrogen) atoms. The van der Waals surface area contributed by atoms with Gasteiger partial charge in [0.25, 0.3) is 0 Å². The molecule has 0 unspecified atom stereocenters. The van der Waals surface area contributed by atoms with E-state index >= 15 is 0 Å². The quantitative estimate of drug-likeness (QED) is 0.554. The zero-order valence-corrected chi connectivity index (χ0v) is 18.5. The molecule has 1 N–H and O–H groups in total. The monoisotopic (exact) mass is 466 g/mol. The van der Waals surface area contributed by atoms with Crippen molar-refractivity contribution in [1.29, 1.82) is 0 Å². The highest BCUT2D eigenvalue weighted by molar-refractivity contribution is 9.10. The van der Waals surface area contributed by atoms with E-state index in [1.54, 1.807) is 0 Å². The maximum absolute atomic E-state index is 13.1. The molecule has 0 aliphatic rings. The third kappa shape index (κ3) is 4.65. The van der Waals surface area contributed by atoms with Gasteiger partial charge in [-0.15, -0.1) is 15.3 Å². The van der Waals surface area contributed by atoms with Crippen molar-refractivity contribution in [2.75, 3.05) is 5.75 Å². The Balaban J connectivity index is 2.18. The summed E-state index contributed by atoms with van der Waals surface area (Å²) in [4.78, 5) is 0. The normalized spacial score (nSPS) is 12.3. The number of sulfone groups is 1. The first kappa shape index (κ1) is 19.8. The standard InChI is InChI=1S/C16H19BrN6O2SSi/c1-27(2,3)9-8-26(24,25)16-14(15-19-22-23-20-15)13(10-18-21-16)11-4-6-12(17)7-5-11/h4-7,10H,8-9H2,1-3H3,(H,19,20,22,23). The predicted octanol–water partition coefficient (Wildman–Crippen LogP) is 3.20. The third-order valence-corrected chi connectivity index (χ3v) is 8.22. The van der Waals surface area contributed by atoms with Crippen LogP contribution >= 0.6 is 15.9 Å². The zero-order chi connectivity index (χ0) is 19.7. The molecule has 2 heterocycles. The van der Waals surface area contributed by atoms with Gasteiger partial charge in [-0.2, -0.15) is 10.3 Å². The van der Waals surface area contributed by atoms with Crippen LogP contribution in [0, 0.1) is 0 Å². The van der Waals surface area contributed by atoms with Crippen molar-refractivity contribution < 1.29 is 8.42 Å². The highest BCUT2D eigenvalue weighted by Gasteiger charge is 2.29. The van der Waals surface area contributed by atoms with E-state index in [2.05, 4.69) is 66.4 Å². The summed E-state index contributed by atoms with van der Waals surface area (Å²) >= 11 is 3.40. The summed E-state index contributed by atoms with van der Waals surface area (Å²) in [6.45, 7) is 6.39. The van der Waals surface area contributed by atoms with Gasteiger partial charge in [0, 0.05) is 18.1 Å². The van der Waals surface area contributed by atoms with Crippen LogP contribution in [0.25, 0.3) is 22.5 Å². The minimum atomic E-state index is -3.66. The van der Waals surface area contributed by atoms with E-state index in [1.807, 2.05) is 24.3 Å². The summed E-state index contributed by atoms with van der Waals surface area (Å²) in [5.74, 6) is 0.195. The van der Waals surface area contributed by atoms with E-state index in [9.17, 15) is 8.42 Å². The molecule has 0 atom stereocenters. The molecule has 0 saturated heterocycles. The van der Waals surface area contributed by atoms with Crippen LogP contribution in [-0.4, -0.2) is 53.1 Å². The Kier molecular flexibility index (Phi) is 5.54. The Morgan fingerprint density at radius 1 is 1.11 bits per heavy atom. The number of nitrogens with one attached hydrogen (secondary N) is 1. The number of benzene rings is 1. The van der Waals surface area contributed by atoms with Crippen LogP contribution in [0.3, 0.4) is 0 Å². The Bertz CT molecular complexity index is 1030. The van der Waals surface area contributed by atoms with Gasteiger partial charge in [0.1, 0.15) is 0 Å². The highest BCUT2D eigenvalue weighted by atomic mass is 79.9. The maximum Gasteiger partial charge on any atom is 0.208 e. The van der Waals surface area contributed by atoms with Crippen LogP contribution in [0.15, 0.2) is 40.0 Å². The van der Waals surface area contributed by atoms with Crippen molar-refractivity contribution in [2.45, 2.75) is 30.7 Å². The van der Waals surface area contributed by atoms with Crippen LogP contribution in [0.2, 0.25) is 25.7 Å². The van der Waals surface area contributed by atoms with E-state index in [-0.39, 0.29) is 16.6 Å². The average molecular weight is 467 g/mol. The number of rotatable bonds is 6. The molecule has 8 nitrogen and oxygen atoms in total. The second kappa shape index (κ2) is 7.56. The van der Waals surface area contributed by atoms with E-state index in [1.165, 1.54) is 6.20 Å². The predicted molar refractivity (Wildman–Crippen MR) is 109 cm³/mol. The van der Waals surface area contributed by atoms with E-state index in [4.69, 9.17) is 0 Å². The summed E-state index contributed by atoms with van der Waals surface area (Å²) in [7, 11) is -5.21. The van der Waals surface area contributed by atoms with E-state index in [0.717, 1.165) is 10.0 Å². The van der Waals surface area contributed by atoms with Gasteiger partial charge in [0.15, 0.2) is 14.9 Å². The molecule has 0 spiro atoms. The molecule has 142 valence electrons. The van der Waals surface area contributed by atoms with Gasteiger partial charge in [-0.1, -0.05) is 47.7 Å². The number of halogens is 1. The lowest BCUT2D eigenvalue weighted by atomic mass is 10.0. The topological polar surface area (TPSA) is 114 Å². The van der Waals surface area contributed by atoms with E-state index < -0.39 is 17.9 Å². The van der Waals surface area contributed by atoms with Gasteiger partial charge in [-0.25, -0.2) is 8.42 Å². The number of nitrogens with zero attached hydrogens (tertiary/aromatic N) is 5. The molecule has 3 aromatic rings. The van der Waals surface area contributed by atoms with Crippen LogP contribution in [0.5, 0.6) is 0 Å². The number of aromatic amines is 1. The molecule has 3 rings (SSSR count). The minimum Gasteiger partial charge on any atom is -0.222 e. The molecule has 2 aromatic heterocycles. The number of aromatic nitrogens is 6. The van der Waals surface area contributed by atoms with Gasteiger partial charge in [0.2, 0.25) is 5.82 Å². The lowest BCUT2D eigenvalue weighted by molar-refractivity contribution is 0.591. The Morgan fingerprint density at radius 2 is 1.81 bits per heavy atom. The van der Waals surface area contributed by atoms with Crippen LogP contribution in [0.4, 0.5) is 0 Å². The second-order valence-corrected chi connectivity index (χ2v) is 15.9. The Morgan fingerprint density at radius 3 is 2.41 bits per heavy atom. The summed E-state index contributed by atoms with van der Waals surface area (Å²) < 4.78 is 27.0. The molecular weight excluding hydrogens is 448 g/mol. The summed E-state index contributed by atoms with van der Waals surface area (Å²) in [6.07, 6.45) is 1.52. The largest absolute Gasteiger partial charge is 0.222 e. The fourth-order valence-corrected chi connectivity index (χ4v) is 7.12. The summed E-state index contributed by atoms with van der Waals surface area (Å²) in [5, 5.41) is 21.7. The SMILES string of the molecule is C[Si](C)(C)CCS(=O)(=O)c1nncc(-c2ccc(Br)cc2)c1-c1nn[nH]n1. The first-order chi connectivity index (χ1) is 12.7. The molecule has 0 radical (unpaired) electrons. The minimum absolute atomic E-state index is 0.0199. The second-order valence-electron chi connectivity index (χ2n) is 7.31. The van der Waals surface area contributed by atoms with E-state index in [0.29, 0.717) is 17.2 Å². The molecule has 0 aliphatic carbocycles. The van der Waals surface area contributed by atoms with Crippen molar-refractivity contribution in [2.24, 2.45) is 0 Å². The third-order valence-electron chi connectivity index (χ3n) is 3.96. The smallest absolute Gasteiger partial charge is 0.208 e. The summed E-state index contributed by atoms with van der Waals surface area (Å²) in [6, 6.07) is 8.10. The molecule has 0 aliphatic heterocycles. The first-order valence-electron chi connectivity index (χ1n) is 8.25. The Labute approximate surface area is 166 Å². The van der Waals surface area contributed by atoms with Gasteiger partial charge in [0.05, 0.1) is 17.5 Å². The Hall–Kier alpha value is -1.98. The average Bonchev–Trinajstić information content (AvgIpc) is 3.14. The van der Waals surface area contributed by atoms with Crippen molar-refractivity contribution >= 4 is 33.8 Å². The van der Waals surface area contributed by atoms with Crippen LogP contribution in [0.1, 0.15) is 0 Å². The molecule has 1 aromatic carbocycles. The molecule has 0 fully saturated rings. The number of tetrazole rings is 1. The molecule has 11 heteroatoms. The van der Waals surface area contributed by atoms with Crippen molar-refractivity contribution in [3.63, 3.8) is 0 Å². The maximum atomic E-state index is 13.1. The number of hydrogen-bond donors (Lipinski definition) is 1. The first-order valence-corrected chi connectivity index (χ1v) is 14.4. The molecule has 0 bridgehead atoms. The fraction of sp³-hybridized carbons (Fsp3) is 0.312. The van der Waals surface area contributed by atoms with Gasteiger partial charge >= 0.3 is 0 Å². The summed E-state index contributed by atoms with van der Waals surface area (Å²) in [5.41, 5.74) is 1.69. The lowest BCUT2D eigenvalue weighted by Crippen LogP contribution is -2.24. The highest BCUT2D eigenvalue weighted by Crippen LogP contribution is 2.34. The van der Waals surface area contributed by atoms with Crippen molar-refractivity contribution in [1.82, 2.24) is 30.8 Å². The number of hydrogen-bond acceptors (Lipinski definition) is 7. The fourth-order valence-electron chi connectivity index (χ4n) is 2.46. The molecular formula is C16H19BrN6O2SSi. The van der Waals surface area contributed by atoms with Gasteiger partial charge in [-0.05, 0) is 29.0 Å². The number of H-pyrrole nitrogens is 1. The zero-order valence-electron chi connectivity index (χ0n) is 15.1. The lowest BCUT2D eigenvalue weighted by Gasteiger charge is -2.16. The molecule has 0 amide bonds. The van der Waals surface area contributed by atoms with Gasteiger partial charge < -0.3 is 0 Å². The van der Waals surface area contributed by atoms with Crippen molar-refractivity contribution in [3.05, 3.63) is 34.9 Å². The molecule has 0 saturated carbocycles. The van der Waals surface area contributed by atoms with Crippen LogP contribution < -0.4 is 0 Å². The van der Waals surface area contributed by atoms with Crippen molar-refractivity contribution in [3.8, 4) is 22.5 Å². The van der Waals surface area contributed by atoms with Crippen LogP contribution in [-0.2, 0) is 9.84 Å².